The number of hydrogen-bond donors (Lipinski definition) is 1. The van der Waals surface area contributed by atoms with Crippen molar-refractivity contribution < 1.29 is 13.9 Å². The van der Waals surface area contributed by atoms with E-state index in [1.807, 2.05) is 31.2 Å². The molecule has 128 valence electrons. The van der Waals surface area contributed by atoms with Gasteiger partial charge in [-0.05, 0) is 47.2 Å². The molecule has 0 fully saturated rings. The Balaban J connectivity index is 1.67. The van der Waals surface area contributed by atoms with Gasteiger partial charge in [0.15, 0.2) is 0 Å². The predicted octanol–water partition coefficient (Wildman–Crippen LogP) is 2.38. The molecule has 1 heterocycles. The van der Waals surface area contributed by atoms with Gasteiger partial charge in [0.1, 0.15) is 17.9 Å². The molecule has 1 aromatic heterocycles. The summed E-state index contributed by atoms with van der Waals surface area (Å²) in [6.07, 6.45) is 1.64. The van der Waals surface area contributed by atoms with Gasteiger partial charge in [-0.3, -0.25) is 4.79 Å². The number of nitrogens with zero attached hydrogens (tertiary/aromatic N) is 4. The summed E-state index contributed by atoms with van der Waals surface area (Å²) in [6.45, 7) is 2.24. The molecular weight excluding hydrogens is 325 g/mol. The molecular formula is C17H16FN5O2. The van der Waals surface area contributed by atoms with Crippen LogP contribution in [0.1, 0.15) is 12.5 Å². The number of halogens is 1. The van der Waals surface area contributed by atoms with Crippen LogP contribution >= 0.6 is 0 Å². The summed E-state index contributed by atoms with van der Waals surface area (Å²) in [7, 11) is 0. The zero-order valence-corrected chi connectivity index (χ0v) is 13.5. The number of rotatable bonds is 6. The van der Waals surface area contributed by atoms with Crippen molar-refractivity contribution in [2.45, 2.75) is 13.3 Å². The highest BCUT2D eigenvalue weighted by Gasteiger charge is 2.10. The second-order valence-electron chi connectivity index (χ2n) is 5.22. The zero-order valence-electron chi connectivity index (χ0n) is 13.5. The molecule has 25 heavy (non-hydrogen) atoms. The van der Waals surface area contributed by atoms with Gasteiger partial charge in [0.25, 0.3) is 0 Å². The maximum absolute atomic E-state index is 13.4. The van der Waals surface area contributed by atoms with Gasteiger partial charge in [0, 0.05) is 6.07 Å². The lowest BCUT2D eigenvalue weighted by Gasteiger charge is -2.11. The van der Waals surface area contributed by atoms with Crippen molar-refractivity contribution >= 4 is 11.6 Å². The van der Waals surface area contributed by atoms with Gasteiger partial charge in [-0.15, -0.1) is 5.10 Å². The fourth-order valence-electron chi connectivity index (χ4n) is 2.31. The number of nitrogens with one attached hydrogen (secondary N) is 1. The minimum Gasteiger partial charge on any atom is -0.492 e. The number of anilines is 1. The number of carbonyl (C=O) groups is 1. The fourth-order valence-corrected chi connectivity index (χ4v) is 2.31. The Bertz CT molecular complexity index is 850. The molecule has 0 saturated carbocycles. The van der Waals surface area contributed by atoms with Gasteiger partial charge in [0.05, 0.1) is 24.4 Å². The summed E-state index contributed by atoms with van der Waals surface area (Å²) < 4.78 is 20.3. The lowest BCUT2D eigenvalue weighted by atomic mass is 10.1. The number of hydrogen-bond acceptors (Lipinski definition) is 5. The number of aromatic nitrogens is 4. The molecule has 8 heteroatoms. The Hall–Kier alpha value is -3.29. The van der Waals surface area contributed by atoms with Crippen LogP contribution in [0.4, 0.5) is 10.1 Å². The van der Waals surface area contributed by atoms with Crippen molar-refractivity contribution in [1.29, 1.82) is 0 Å². The average molecular weight is 341 g/mol. The standard InChI is InChI=1S/C17H16FN5O2/c1-2-25-16-8-5-13(18)10-15(16)20-17(24)9-12-3-6-14(7-4-12)23-11-19-21-22-23/h3-8,10-11H,2,9H2,1H3,(H,20,24). The minimum absolute atomic E-state index is 0.151. The molecule has 0 aliphatic heterocycles. The maximum Gasteiger partial charge on any atom is 0.228 e. The van der Waals surface area contributed by atoms with E-state index >= 15 is 0 Å². The second-order valence-corrected chi connectivity index (χ2v) is 5.22. The number of carbonyl (C=O) groups excluding carboxylic acids is 1. The first-order chi connectivity index (χ1) is 12.2. The Morgan fingerprint density at radius 2 is 2.04 bits per heavy atom. The Kier molecular flexibility index (Phi) is 4.98. The van der Waals surface area contributed by atoms with Gasteiger partial charge in [0.2, 0.25) is 5.91 Å². The molecule has 0 spiro atoms. The molecule has 3 aromatic rings. The Morgan fingerprint density at radius 1 is 1.24 bits per heavy atom. The number of amides is 1. The summed E-state index contributed by atoms with van der Waals surface area (Å²) >= 11 is 0. The molecule has 0 bridgehead atoms. The van der Waals surface area contributed by atoms with Crippen LogP contribution in [0.5, 0.6) is 5.75 Å². The maximum atomic E-state index is 13.4. The highest BCUT2D eigenvalue weighted by atomic mass is 19.1. The van der Waals surface area contributed by atoms with Crippen molar-refractivity contribution in [2.24, 2.45) is 0 Å². The first-order valence-electron chi connectivity index (χ1n) is 7.70. The predicted molar refractivity (Wildman–Crippen MR) is 89.1 cm³/mol. The third-order valence-electron chi connectivity index (χ3n) is 3.43. The van der Waals surface area contributed by atoms with Crippen molar-refractivity contribution in [1.82, 2.24) is 20.2 Å². The fraction of sp³-hybridized carbons (Fsp3) is 0.176. The normalized spacial score (nSPS) is 10.5. The van der Waals surface area contributed by atoms with E-state index in [-0.39, 0.29) is 12.3 Å². The van der Waals surface area contributed by atoms with Crippen molar-refractivity contribution in [3.63, 3.8) is 0 Å². The Labute approximate surface area is 143 Å². The minimum atomic E-state index is -0.440. The van der Waals surface area contributed by atoms with Crippen molar-refractivity contribution in [3.05, 3.63) is 60.2 Å². The molecule has 0 saturated heterocycles. The van der Waals surface area contributed by atoms with E-state index in [1.165, 1.54) is 29.2 Å². The van der Waals surface area contributed by atoms with Crippen LogP contribution in [-0.2, 0) is 11.2 Å². The lowest BCUT2D eigenvalue weighted by molar-refractivity contribution is -0.115. The van der Waals surface area contributed by atoms with Crippen LogP contribution in [0.3, 0.4) is 0 Å². The molecule has 0 aliphatic rings. The van der Waals surface area contributed by atoms with E-state index in [1.54, 1.807) is 0 Å². The molecule has 2 aromatic carbocycles. The quantitative estimate of drug-likeness (QED) is 0.744. The third-order valence-corrected chi connectivity index (χ3v) is 3.43. The second kappa shape index (κ2) is 7.52. The smallest absolute Gasteiger partial charge is 0.228 e. The van der Waals surface area contributed by atoms with E-state index in [0.717, 1.165) is 11.3 Å². The molecule has 1 amide bonds. The van der Waals surface area contributed by atoms with E-state index in [2.05, 4.69) is 20.8 Å². The Morgan fingerprint density at radius 3 is 2.72 bits per heavy atom. The molecule has 1 N–H and O–H groups in total. The number of tetrazole rings is 1. The van der Waals surface area contributed by atoms with Crippen molar-refractivity contribution in [2.75, 3.05) is 11.9 Å². The summed E-state index contributed by atoms with van der Waals surface area (Å²) in [5.74, 6) is -0.266. The van der Waals surface area contributed by atoms with E-state index in [0.29, 0.717) is 18.0 Å². The molecule has 0 unspecified atom stereocenters. The highest BCUT2D eigenvalue weighted by molar-refractivity contribution is 5.93. The highest BCUT2D eigenvalue weighted by Crippen LogP contribution is 2.25. The number of benzene rings is 2. The number of ether oxygens (including phenoxy) is 1. The van der Waals surface area contributed by atoms with Gasteiger partial charge < -0.3 is 10.1 Å². The van der Waals surface area contributed by atoms with E-state index in [4.69, 9.17) is 4.74 Å². The first-order valence-corrected chi connectivity index (χ1v) is 7.70. The molecule has 0 atom stereocenters. The summed E-state index contributed by atoms with van der Waals surface area (Å²) in [5.41, 5.74) is 1.92. The third kappa shape index (κ3) is 4.17. The van der Waals surface area contributed by atoms with E-state index in [9.17, 15) is 9.18 Å². The van der Waals surface area contributed by atoms with Gasteiger partial charge in [-0.25, -0.2) is 9.07 Å². The van der Waals surface area contributed by atoms with Crippen LogP contribution in [-0.4, -0.2) is 32.7 Å². The SMILES string of the molecule is CCOc1ccc(F)cc1NC(=O)Cc1ccc(-n2cnnn2)cc1. The van der Waals surface area contributed by atoms with Gasteiger partial charge in [-0.1, -0.05) is 12.1 Å². The topological polar surface area (TPSA) is 81.9 Å². The largest absolute Gasteiger partial charge is 0.492 e. The molecule has 7 nitrogen and oxygen atoms in total. The molecule has 0 aliphatic carbocycles. The molecule has 0 radical (unpaired) electrons. The molecule has 3 rings (SSSR count). The van der Waals surface area contributed by atoms with Crippen LogP contribution in [0.15, 0.2) is 48.8 Å². The average Bonchev–Trinajstić information content (AvgIpc) is 3.12. The first kappa shape index (κ1) is 16.6. The zero-order chi connectivity index (χ0) is 17.6. The van der Waals surface area contributed by atoms with Crippen LogP contribution < -0.4 is 10.1 Å². The van der Waals surface area contributed by atoms with Gasteiger partial charge >= 0.3 is 0 Å². The van der Waals surface area contributed by atoms with Crippen LogP contribution in [0, 0.1) is 5.82 Å². The summed E-state index contributed by atoms with van der Waals surface area (Å²) in [6, 6.07) is 11.3. The van der Waals surface area contributed by atoms with Crippen LogP contribution in [0.25, 0.3) is 5.69 Å². The van der Waals surface area contributed by atoms with Gasteiger partial charge in [-0.2, -0.15) is 0 Å². The van der Waals surface area contributed by atoms with Crippen LogP contribution in [0.2, 0.25) is 0 Å². The van der Waals surface area contributed by atoms with E-state index < -0.39 is 5.82 Å². The van der Waals surface area contributed by atoms with Crippen molar-refractivity contribution in [3.8, 4) is 11.4 Å². The lowest BCUT2D eigenvalue weighted by Crippen LogP contribution is -2.15. The summed E-state index contributed by atoms with van der Waals surface area (Å²) in [4.78, 5) is 12.2. The monoisotopic (exact) mass is 341 g/mol. The summed E-state index contributed by atoms with van der Waals surface area (Å²) in [5, 5.41) is 13.6.